The van der Waals surface area contributed by atoms with Crippen molar-refractivity contribution in [2.45, 2.75) is 39.7 Å². The summed E-state index contributed by atoms with van der Waals surface area (Å²) in [5, 5.41) is 2.92. The van der Waals surface area contributed by atoms with Crippen molar-refractivity contribution in [2.24, 2.45) is 0 Å². The zero-order chi connectivity index (χ0) is 15.1. The Morgan fingerprint density at radius 1 is 1.35 bits per heavy atom. The Bertz CT molecular complexity index is 443. The Balaban J connectivity index is 2.77. The summed E-state index contributed by atoms with van der Waals surface area (Å²) in [5.41, 5.74) is 2.29. The van der Waals surface area contributed by atoms with Gasteiger partial charge in [0.1, 0.15) is 18.4 Å². The number of rotatable bonds is 7. The maximum absolute atomic E-state index is 11.7. The first kappa shape index (κ1) is 16.5. The molecule has 1 unspecified atom stereocenters. The van der Waals surface area contributed by atoms with E-state index >= 15 is 0 Å². The molecule has 0 aliphatic heterocycles. The van der Waals surface area contributed by atoms with Gasteiger partial charge in [0.2, 0.25) is 0 Å². The molecule has 0 heterocycles. The number of benzene rings is 1. The molecule has 20 heavy (non-hydrogen) atoms. The van der Waals surface area contributed by atoms with E-state index in [-0.39, 0.29) is 12.6 Å². The van der Waals surface area contributed by atoms with Gasteiger partial charge in [-0.1, -0.05) is 26.0 Å². The highest BCUT2D eigenvalue weighted by Gasteiger charge is 2.19. The number of hydrogen-bond acceptors (Lipinski definition) is 4. The SMILES string of the molecule is CCOC(=O)C(COc1cc(C)ccc1C(C)C)NC. The van der Waals surface area contributed by atoms with Crippen LogP contribution in [0.5, 0.6) is 5.75 Å². The molecule has 0 aromatic heterocycles. The van der Waals surface area contributed by atoms with Crippen LogP contribution in [-0.4, -0.2) is 32.3 Å². The molecule has 4 nitrogen and oxygen atoms in total. The number of ether oxygens (including phenoxy) is 2. The topological polar surface area (TPSA) is 47.6 Å². The van der Waals surface area contributed by atoms with Crippen LogP contribution < -0.4 is 10.1 Å². The number of likely N-dealkylation sites (N-methyl/N-ethyl adjacent to an activating group) is 1. The fourth-order valence-corrected chi connectivity index (χ4v) is 1.93. The minimum Gasteiger partial charge on any atom is -0.491 e. The van der Waals surface area contributed by atoms with E-state index in [1.807, 2.05) is 13.0 Å². The molecule has 0 saturated heterocycles. The summed E-state index contributed by atoms with van der Waals surface area (Å²) in [6.45, 7) is 8.70. The molecule has 0 saturated carbocycles. The van der Waals surface area contributed by atoms with Crippen LogP contribution in [0.15, 0.2) is 18.2 Å². The van der Waals surface area contributed by atoms with Gasteiger partial charge >= 0.3 is 5.97 Å². The first-order valence-electron chi connectivity index (χ1n) is 7.06. The van der Waals surface area contributed by atoms with Crippen LogP contribution in [0.25, 0.3) is 0 Å². The van der Waals surface area contributed by atoms with Crippen LogP contribution in [0.4, 0.5) is 0 Å². The van der Waals surface area contributed by atoms with Crippen LogP contribution in [0.1, 0.15) is 37.8 Å². The second kappa shape index (κ2) is 7.90. The lowest BCUT2D eigenvalue weighted by Crippen LogP contribution is -2.40. The number of carbonyl (C=O) groups is 1. The van der Waals surface area contributed by atoms with E-state index in [4.69, 9.17) is 9.47 Å². The van der Waals surface area contributed by atoms with Crippen molar-refractivity contribution in [3.8, 4) is 5.75 Å². The van der Waals surface area contributed by atoms with Crippen molar-refractivity contribution in [2.75, 3.05) is 20.3 Å². The zero-order valence-electron chi connectivity index (χ0n) is 13.0. The first-order chi connectivity index (χ1) is 9.49. The molecule has 1 rings (SSSR count). The summed E-state index contributed by atoms with van der Waals surface area (Å²) < 4.78 is 10.8. The van der Waals surface area contributed by atoms with Crippen molar-refractivity contribution < 1.29 is 14.3 Å². The second-order valence-corrected chi connectivity index (χ2v) is 5.10. The highest BCUT2D eigenvalue weighted by Crippen LogP contribution is 2.27. The average molecular weight is 279 g/mol. The predicted octanol–water partition coefficient (Wildman–Crippen LogP) is 2.65. The lowest BCUT2D eigenvalue weighted by molar-refractivity contribution is -0.146. The van der Waals surface area contributed by atoms with Crippen LogP contribution in [0, 0.1) is 6.92 Å². The Morgan fingerprint density at radius 3 is 2.60 bits per heavy atom. The van der Waals surface area contributed by atoms with Crippen molar-refractivity contribution in [3.05, 3.63) is 29.3 Å². The average Bonchev–Trinajstić information content (AvgIpc) is 2.39. The van der Waals surface area contributed by atoms with Gasteiger partial charge in [-0.15, -0.1) is 0 Å². The fourth-order valence-electron chi connectivity index (χ4n) is 1.93. The number of carbonyl (C=O) groups excluding carboxylic acids is 1. The van der Waals surface area contributed by atoms with Gasteiger partial charge in [-0.2, -0.15) is 0 Å². The van der Waals surface area contributed by atoms with E-state index in [0.29, 0.717) is 12.5 Å². The summed E-state index contributed by atoms with van der Waals surface area (Å²) in [5.74, 6) is 0.930. The third-order valence-corrected chi connectivity index (χ3v) is 3.12. The van der Waals surface area contributed by atoms with Gasteiger partial charge in [-0.3, -0.25) is 4.79 Å². The third kappa shape index (κ3) is 4.53. The van der Waals surface area contributed by atoms with Crippen molar-refractivity contribution >= 4 is 5.97 Å². The maximum Gasteiger partial charge on any atom is 0.326 e. The molecule has 112 valence electrons. The van der Waals surface area contributed by atoms with Gasteiger partial charge in [0, 0.05) is 0 Å². The monoisotopic (exact) mass is 279 g/mol. The number of aryl methyl sites for hydroxylation is 1. The maximum atomic E-state index is 11.7. The standard InChI is InChI=1S/C16H25NO3/c1-6-19-16(18)14(17-5)10-20-15-9-12(4)7-8-13(15)11(2)3/h7-9,11,14,17H,6,10H2,1-5H3. The first-order valence-corrected chi connectivity index (χ1v) is 7.06. The Hall–Kier alpha value is -1.55. The van der Waals surface area contributed by atoms with Gasteiger partial charge in [-0.25, -0.2) is 0 Å². The fraction of sp³-hybridized carbons (Fsp3) is 0.562. The summed E-state index contributed by atoms with van der Waals surface area (Å²) in [4.78, 5) is 11.7. The molecule has 0 radical (unpaired) electrons. The van der Waals surface area contributed by atoms with Gasteiger partial charge in [0.25, 0.3) is 0 Å². The summed E-state index contributed by atoms with van der Waals surface area (Å²) in [6.07, 6.45) is 0. The molecule has 1 atom stereocenters. The molecular formula is C16H25NO3. The van der Waals surface area contributed by atoms with E-state index in [1.165, 1.54) is 0 Å². The van der Waals surface area contributed by atoms with Crippen LogP contribution in [-0.2, 0) is 9.53 Å². The molecule has 1 aromatic carbocycles. The van der Waals surface area contributed by atoms with Gasteiger partial charge < -0.3 is 14.8 Å². The van der Waals surface area contributed by atoms with Gasteiger partial charge in [-0.05, 0) is 44.0 Å². The molecule has 0 amide bonds. The highest BCUT2D eigenvalue weighted by atomic mass is 16.5. The molecule has 0 aliphatic carbocycles. The molecule has 0 fully saturated rings. The smallest absolute Gasteiger partial charge is 0.326 e. The van der Waals surface area contributed by atoms with Crippen molar-refractivity contribution in [1.82, 2.24) is 5.32 Å². The van der Waals surface area contributed by atoms with Crippen molar-refractivity contribution in [1.29, 1.82) is 0 Å². The second-order valence-electron chi connectivity index (χ2n) is 5.10. The van der Waals surface area contributed by atoms with E-state index in [0.717, 1.165) is 16.9 Å². The van der Waals surface area contributed by atoms with Gasteiger partial charge in [0.05, 0.1) is 6.61 Å². The molecule has 4 heteroatoms. The van der Waals surface area contributed by atoms with Crippen LogP contribution >= 0.6 is 0 Å². The summed E-state index contributed by atoms with van der Waals surface area (Å²) in [6, 6.07) is 5.71. The lowest BCUT2D eigenvalue weighted by atomic mass is 10.0. The van der Waals surface area contributed by atoms with E-state index < -0.39 is 6.04 Å². The quantitative estimate of drug-likeness (QED) is 0.780. The Labute approximate surface area is 121 Å². The number of hydrogen-bond donors (Lipinski definition) is 1. The third-order valence-electron chi connectivity index (χ3n) is 3.12. The minimum atomic E-state index is -0.449. The van der Waals surface area contributed by atoms with Gasteiger partial charge in [0.15, 0.2) is 0 Å². The molecule has 1 N–H and O–H groups in total. The molecular weight excluding hydrogens is 254 g/mol. The van der Waals surface area contributed by atoms with E-state index in [9.17, 15) is 4.79 Å². The Morgan fingerprint density at radius 2 is 2.05 bits per heavy atom. The van der Waals surface area contributed by atoms with Crippen LogP contribution in [0.3, 0.4) is 0 Å². The van der Waals surface area contributed by atoms with E-state index in [1.54, 1.807) is 14.0 Å². The molecule has 1 aromatic rings. The summed E-state index contributed by atoms with van der Waals surface area (Å²) in [7, 11) is 1.73. The largest absolute Gasteiger partial charge is 0.491 e. The lowest BCUT2D eigenvalue weighted by Gasteiger charge is -2.19. The zero-order valence-corrected chi connectivity index (χ0v) is 13.0. The van der Waals surface area contributed by atoms with E-state index in [2.05, 4.69) is 31.3 Å². The highest BCUT2D eigenvalue weighted by molar-refractivity contribution is 5.75. The van der Waals surface area contributed by atoms with Crippen molar-refractivity contribution in [3.63, 3.8) is 0 Å². The number of nitrogens with one attached hydrogen (secondary N) is 1. The number of esters is 1. The minimum absolute atomic E-state index is 0.262. The van der Waals surface area contributed by atoms with Crippen LogP contribution in [0.2, 0.25) is 0 Å². The Kier molecular flexibility index (Phi) is 6.52. The normalized spacial score (nSPS) is 12.3. The molecule has 0 aliphatic rings. The molecule has 0 bridgehead atoms. The summed E-state index contributed by atoms with van der Waals surface area (Å²) >= 11 is 0. The predicted molar refractivity (Wildman–Crippen MR) is 80.2 cm³/mol. The molecule has 0 spiro atoms.